The van der Waals surface area contributed by atoms with Crippen LogP contribution < -0.4 is 5.32 Å². The molecule has 4 nitrogen and oxygen atoms in total. The molecule has 0 saturated carbocycles. The number of amides is 1. The van der Waals surface area contributed by atoms with Gasteiger partial charge in [0, 0.05) is 27.4 Å². The van der Waals surface area contributed by atoms with Gasteiger partial charge in [-0.1, -0.05) is 20.8 Å². The van der Waals surface area contributed by atoms with E-state index in [1.54, 1.807) is 0 Å². The maximum atomic E-state index is 11.9. The Morgan fingerprint density at radius 1 is 1.05 bits per heavy atom. The number of carbonyl (C=O) groups is 1. The van der Waals surface area contributed by atoms with Crippen molar-refractivity contribution in [2.75, 3.05) is 5.32 Å². The van der Waals surface area contributed by atoms with Gasteiger partial charge in [0.2, 0.25) is 5.91 Å². The minimum absolute atomic E-state index is 0.00513. The summed E-state index contributed by atoms with van der Waals surface area (Å²) < 4.78 is 0. The van der Waals surface area contributed by atoms with Crippen LogP contribution in [0.25, 0.3) is 0 Å². The summed E-state index contributed by atoms with van der Waals surface area (Å²) in [7, 11) is 0. The van der Waals surface area contributed by atoms with Crippen LogP contribution in [0.1, 0.15) is 32.2 Å². The van der Waals surface area contributed by atoms with Gasteiger partial charge in [0.15, 0.2) is 5.16 Å². The van der Waals surface area contributed by atoms with Gasteiger partial charge >= 0.3 is 0 Å². The minimum Gasteiger partial charge on any atom is -0.326 e. The molecule has 0 saturated heterocycles. The van der Waals surface area contributed by atoms with E-state index in [0.717, 1.165) is 27.1 Å². The fourth-order valence-corrected chi connectivity index (χ4v) is 2.63. The zero-order chi connectivity index (χ0) is 16.3. The van der Waals surface area contributed by atoms with E-state index in [-0.39, 0.29) is 5.91 Å². The molecule has 0 fully saturated rings. The lowest BCUT2D eigenvalue weighted by atomic mass is 9.95. The van der Waals surface area contributed by atoms with Gasteiger partial charge in [-0.05, 0) is 55.9 Å². The van der Waals surface area contributed by atoms with Crippen LogP contribution >= 0.6 is 11.8 Å². The molecule has 5 heteroatoms. The van der Waals surface area contributed by atoms with Crippen LogP contribution in [0.15, 0.2) is 40.4 Å². The third-order valence-electron chi connectivity index (χ3n) is 2.96. The van der Waals surface area contributed by atoms with Crippen molar-refractivity contribution in [3.63, 3.8) is 0 Å². The summed E-state index contributed by atoms with van der Waals surface area (Å²) in [6.07, 6.45) is 0. The molecule has 0 aliphatic heterocycles. The first-order valence-electron chi connectivity index (χ1n) is 7.16. The Hall–Kier alpha value is -1.88. The Morgan fingerprint density at radius 3 is 2.09 bits per heavy atom. The SMILES string of the molecule is Cc1cc(C)nc(Sc2ccc(NC(=O)C(C)(C)C)cc2)n1. The van der Waals surface area contributed by atoms with Gasteiger partial charge in [0.1, 0.15) is 0 Å². The molecule has 0 unspecified atom stereocenters. The standard InChI is InChI=1S/C17H21N3OS/c1-11-10-12(2)19-16(18-11)22-14-8-6-13(7-9-14)20-15(21)17(3,4)5/h6-10H,1-5H3,(H,20,21). The highest BCUT2D eigenvalue weighted by Crippen LogP contribution is 2.26. The van der Waals surface area contributed by atoms with Gasteiger partial charge < -0.3 is 5.32 Å². The second-order valence-corrected chi connectivity index (χ2v) is 7.30. The molecular weight excluding hydrogens is 294 g/mol. The van der Waals surface area contributed by atoms with Crippen molar-refractivity contribution in [2.24, 2.45) is 5.41 Å². The van der Waals surface area contributed by atoms with Crippen molar-refractivity contribution in [3.05, 3.63) is 41.7 Å². The molecule has 1 heterocycles. The number of benzene rings is 1. The quantitative estimate of drug-likeness (QED) is 0.861. The molecule has 0 aliphatic carbocycles. The van der Waals surface area contributed by atoms with Crippen LogP contribution in [0.2, 0.25) is 0 Å². The molecule has 0 aliphatic rings. The Balaban J connectivity index is 2.07. The summed E-state index contributed by atoms with van der Waals surface area (Å²) in [6, 6.07) is 9.67. The van der Waals surface area contributed by atoms with E-state index in [2.05, 4.69) is 15.3 Å². The van der Waals surface area contributed by atoms with Crippen molar-refractivity contribution in [1.29, 1.82) is 0 Å². The molecule has 2 aromatic rings. The predicted octanol–water partition coefficient (Wildman–Crippen LogP) is 4.23. The zero-order valence-corrected chi connectivity index (χ0v) is 14.4. The Kier molecular flexibility index (Phi) is 4.86. The fourth-order valence-electron chi connectivity index (χ4n) is 1.77. The van der Waals surface area contributed by atoms with Gasteiger partial charge in [0.25, 0.3) is 0 Å². The first kappa shape index (κ1) is 16.5. The van der Waals surface area contributed by atoms with E-state index in [1.807, 2.05) is 65.0 Å². The molecule has 1 aromatic carbocycles. The molecule has 22 heavy (non-hydrogen) atoms. The molecule has 0 radical (unpaired) electrons. The van der Waals surface area contributed by atoms with Crippen LogP contribution in [0.3, 0.4) is 0 Å². The number of aryl methyl sites for hydroxylation is 2. The van der Waals surface area contributed by atoms with E-state index in [4.69, 9.17) is 0 Å². The average molecular weight is 315 g/mol. The second kappa shape index (κ2) is 6.48. The molecule has 116 valence electrons. The van der Waals surface area contributed by atoms with Crippen LogP contribution in [-0.2, 0) is 4.79 Å². The van der Waals surface area contributed by atoms with Crippen LogP contribution in [0.4, 0.5) is 5.69 Å². The topological polar surface area (TPSA) is 54.9 Å². The third-order valence-corrected chi connectivity index (χ3v) is 3.84. The van der Waals surface area contributed by atoms with Crippen molar-refractivity contribution < 1.29 is 4.79 Å². The Morgan fingerprint density at radius 2 is 1.59 bits per heavy atom. The molecule has 0 bridgehead atoms. The lowest BCUT2D eigenvalue weighted by Crippen LogP contribution is -2.27. The monoisotopic (exact) mass is 315 g/mol. The number of rotatable bonds is 3. The minimum atomic E-state index is -0.402. The zero-order valence-electron chi connectivity index (χ0n) is 13.6. The fraction of sp³-hybridized carbons (Fsp3) is 0.353. The van der Waals surface area contributed by atoms with Crippen molar-refractivity contribution in [1.82, 2.24) is 9.97 Å². The average Bonchev–Trinajstić information content (AvgIpc) is 2.38. The summed E-state index contributed by atoms with van der Waals surface area (Å²) in [5.74, 6) is 0.00513. The first-order chi connectivity index (χ1) is 10.2. The number of anilines is 1. The van der Waals surface area contributed by atoms with Crippen LogP contribution in [-0.4, -0.2) is 15.9 Å². The van der Waals surface area contributed by atoms with E-state index in [0.29, 0.717) is 0 Å². The second-order valence-electron chi connectivity index (χ2n) is 6.26. The molecule has 0 spiro atoms. The summed E-state index contributed by atoms with van der Waals surface area (Å²) in [5.41, 5.74) is 2.32. The molecule has 1 amide bonds. The van der Waals surface area contributed by atoms with Gasteiger partial charge in [-0.25, -0.2) is 9.97 Å². The molecule has 0 atom stereocenters. The Bertz CT molecular complexity index is 655. The first-order valence-corrected chi connectivity index (χ1v) is 7.97. The molecule has 1 N–H and O–H groups in total. The summed E-state index contributed by atoms with van der Waals surface area (Å²) >= 11 is 1.51. The lowest BCUT2D eigenvalue weighted by molar-refractivity contribution is -0.123. The van der Waals surface area contributed by atoms with Gasteiger partial charge in [-0.15, -0.1) is 0 Å². The number of carbonyl (C=O) groups excluding carboxylic acids is 1. The molecule has 1 aromatic heterocycles. The van der Waals surface area contributed by atoms with Crippen LogP contribution in [0, 0.1) is 19.3 Å². The van der Waals surface area contributed by atoms with Gasteiger partial charge in [-0.3, -0.25) is 4.79 Å². The van der Waals surface area contributed by atoms with Crippen LogP contribution in [0.5, 0.6) is 0 Å². The normalized spacial score (nSPS) is 11.3. The number of aromatic nitrogens is 2. The maximum Gasteiger partial charge on any atom is 0.229 e. The van der Waals surface area contributed by atoms with Crippen molar-refractivity contribution in [2.45, 2.75) is 44.7 Å². The summed E-state index contributed by atoms with van der Waals surface area (Å²) in [5, 5.41) is 3.65. The van der Waals surface area contributed by atoms with Gasteiger partial charge in [-0.2, -0.15) is 0 Å². The van der Waals surface area contributed by atoms with Gasteiger partial charge in [0.05, 0.1) is 0 Å². The molecule has 2 rings (SSSR count). The number of nitrogens with zero attached hydrogens (tertiary/aromatic N) is 2. The highest BCUT2D eigenvalue weighted by atomic mass is 32.2. The summed E-state index contributed by atoms with van der Waals surface area (Å²) in [6.45, 7) is 9.60. The van der Waals surface area contributed by atoms with Crippen molar-refractivity contribution >= 4 is 23.4 Å². The Labute approximate surface area is 135 Å². The highest BCUT2D eigenvalue weighted by molar-refractivity contribution is 7.99. The third kappa shape index (κ3) is 4.56. The van der Waals surface area contributed by atoms with Crippen molar-refractivity contribution in [3.8, 4) is 0 Å². The maximum absolute atomic E-state index is 11.9. The lowest BCUT2D eigenvalue weighted by Gasteiger charge is -2.17. The molecular formula is C17H21N3OS. The number of hydrogen-bond acceptors (Lipinski definition) is 4. The van der Waals surface area contributed by atoms with E-state index in [1.165, 1.54) is 11.8 Å². The highest BCUT2D eigenvalue weighted by Gasteiger charge is 2.20. The van der Waals surface area contributed by atoms with E-state index >= 15 is 0 Å². The van der Waals surface area contributed by atoms with E-state index in [9.17, 15) is 4.79 Å². The smallest absolute Gasteiger partial charge is 0.229 e. The largest absolute Gasteiger partial charge is 0.326 e. The number of hydrogen-bond donors (Lipinski definition) is 1. The van der Waals surface area contributed by atoms with E-state index < -0.39 is 5.41 Å². The summed E-state index contributed by atoms with van der Waals surface area (Å²) in [4.78, 5) is 21.8. The predicted molar refractivity (Wildman–Crippen MR) is 90.2 cm³/mol. The number of nitrogens with one attached hydrogen (secondary N) is 1.